The van der Waals surface area contributed by atoms with E-state index in [-0.39, 0.29) is 17.1 Å². The van der Waals surface area contributed by atoms with Crippen LogP contribution in [-0.4, -0.2) is 31.1 Å². The summed E-state index contributed by atoms with van der Waals surface area (Å²) < 4.78 is 1.38. The van der Waals surface area contributed by atoms with Crippen LogP contribution in [0.15, 0.2) is 40.3 Å². The zero-order chi connectivity index (χ0) is 15.7. The average molecular weight is 314 g/mol. The Morgan fingerprint density at radius 3 is 2.73 bits per heavy atom. The molecular formula is C15H14N4O2S. The van der Waals surface area contributed by atoms with Crippen molar-refractivity contribution in [2.75, 3.05) is 5.75 Å². The third kappa shape index (κ3) is 2.80. The van der Waals surface area contributed by atoms with E-state index in [9.17, 15) is 9.59 Å². The molecule has 3 aromatic rings. The van der Waals surface area contributed by atoms with Gasteiger partial charge in [0, 0.05) is 17.3 Å². The van der Waals surface area contributed by atoms with Gasteiger partial charge in [-0.05, 0) is 13.8 Å². The molecule has 0 saturated heterocycles. The second-order valence-corrected chi connectivity index (χ2v) is 5.92. The molecule has 1 aromatic carbocycles. The van der Waals surface area contributed by atoms with Gasteiger partial charge in [-0.3, -0.25) is 9.59 Å². The number of ketones is 1. The quantitative estimate of drug-likeness (QED) is 0.588. The highest BCUT2D eigenvalue weighted by atomic mass is 32.2. The first kappa shape index (κ1) is 14.5. The Kier molecular flexibility index (Phi) is 3.81. The lowest BCUT2D eigenvalue weighted by molar-refractivity contribution is 0.102. The molecule has 1 N–H and O–H groups in total. The predicted molar refractivity (Wildman–Crippen MR) is 84.6 cm³/mol. The van der Waals surface area contributed by atoms with Gasteiger partial charge >= 0.3 is 0 Å². The van der Waals surface area contributed by atoms with Gasteiger partial charge < -0.3 is 0 Å². The Morgan fingerprint density at radius 2 is 2.00 bits per heavy atom. The minimum Gasteiger partial charge on any atom is -0.293 e. The van der Waals surface area contributed by atoms with Crippen molar-refractivity contribution in [1.82, 2.24) is 19.6 Å². The number of nitrogens with zero attached hydrogens (tertiary/aromatic N) is 3. The van der Waals surface area contributed by atoms with E-state index in [2.05, 4.69) is 15.2 Å². The second-order valence-electron chi connectivity index (χ2n) is 4.98. The first-order valence-electron chi connectivity index (χ1n) is 6.72. The lowest BCUT2D eigenvalue weighted by atomic mass is 10.1. The lowest BCUT2D eigenvalue weighted by Crippen LogP contribution is -2.14. The fourth-order valence-corrected chi connectivity index (χ4v) is 2.90. The topological polar surface area (TPSA) is 80.1 Å². The summed E-state index contributed by atoms with van der Waals surface area (Å²) >= 11 is 1.21. The maximum absolute atomic E-state index is 12.2. The van der Waals surface area contributed by atoms with Gasteiger partial charge in [-0.2, -0.15) is 0 Å². The van der Waals surface area contributed by atoms with E-state index in [1.807, 2.05) is 19.1 Å². The van der Waals surface area contributed by atoms with Crippen LogP contribution in [0.25, 0.3) is 5.78 Å². The summed E-state index contributed by atoms with van der Waals surface area (Å²) in [6.07, 6.45) is 0. The number of nitrogens with one attached hydrogen (secondary N) is 1. The summed E-state index contributed by atoms with van der Waals surface area (Å²) in [6, 6.07) is 8.85. The van der Waals surface area contributed by atoms with Gasteiger partial charge in [0.25, 0.3) is 5.56 Å². The molecule has 0 saturated carbocycles. The van der Waals surface area contributed by atoms with Crippen LogP contribution in [0.2, 0.25) is 0 Å². The minimum atomic E-state index is -0.207. The maximum atomic E-state index is 12.2. The fourth-order valence-electron chi connectivity index (χ4n) is 2.05. The molecule has 2 aromatic heterocycles. The molecule has 6 nitrogen and oxygen atoms in total. The Bertz CT molecular complexity index is 896. The first-order chi connectivity index (χ1) is 10.5. The highest BCUT2D eigenvalue weighted by Crippen LogP contribution is 2.17. The van der Waals surface area contributed by atoms with E-state index in [0.717, 1.165) is 5.56 Å². The van der Waals surface area contributed by atoms with Crippen LogP contribution in [-0.2, 0) is 0 Å². The standard InChI is InChI=1S/C15H14N4O2S/c1-9-3-5-11(6-4-9)12(20)8-22-15-18-17-14-16-10(2)7-13(21)19(14)15/h3-7H,8H2,1-2H3,(H,16,17). The molecule has 0 radical (unpaired) electrons. The molecule has 7 heteroatoms. The number of Topliss-reactive ketones (excluding diaryl/α,β-unsaturated/α-hetero) is 1. The maximum Gasteiger partial charge on any atom is 0.261 e. The Balaban J connectivity index is 1.81. The summed E-state index contributed by atoms with van der Waals surface area (Å²) in [6.45, 7) is 3.72. The molecule has 3 rings (SSSR count). The van der Waals surface area contributed by atoms with Gasteiger partial charge in [0.2, 0.25) is 5.78 Å². The lowest BCUT2D eigenvalue weighted by Gasteiger charge is -2.01. The molecule has 0 amide bonds. The fraction of sp³-hybridized carbons (Fsp3) is 0.200. The van der Waals surface area contributed by atoms with E-state index < -0.39 is 0 Å². The van der Waals surface area contributed by atoms with Crippen LogP contribution in [0.3, 0.4) is 0 Å². The number of fused-ring (bicyclic) bond motifs is 1. The SMILES string of the molecule is Cc1ccc(C(=O)CSc2n[nH]c3nc(C)cc(=O)n23)cc1. The van der Waals surface area contributed by atoms with Crippen LogP contribution in [0, 0.1) is 13.8 Å². The number of H-pyrrole nitrogens is 1. The predicted octanol–water partition coefficient (Wildman–Crippen LogP) is 2.01. The molecule has 0 spiro atoms. The van der Waals surface area contributed by atoms with Crippen molar-refractivity contribution in [3.05, 3.63) is 57.5 Å². The Morgan fingerprint density at radius 1 is 1.27 bits per heavy atom. The molecule has 0 aliphatic carbocycles. The van der Waals surface area contributed by atoms with Crippen molar-refractivity contribution in [1.29, 1.82) is 0 Å². The van der Waals surface area contributed by atoms with Crippen molar-refractivity contribution in [3.63, 3.8) is 0 Å². The molecule has 0 aliphatic rings. The number of aryl methyl sites for hydroxylation is 2. The van der Waals surface area contributed by atoms with Crippen molar-refractivity contribution in [2.24, 2.45) is 0 Å². The zero-order valence-electron chi connectivity index (χ0n) is 12.2. The van der Waals surface area contributed by atoms with Gasteiger partial charge in [0.15, 0.2) is 10.9 Å². The van der Waals surface area contributed by atoms with Gasteiger partial charge in [0.05, 0.1) is 5.75 Å². The molecular weight excluding hydrogens is 300 g/mol. The van der Waals surface area contributed by atoms with E-state index in [1.54, 1.807) is 19.1 Å². The number of thioether (sulfide) groups is 1. The van der Waals surface area contributed by atoms with Crippen LogP contribution in [0.5, 0.6) is 0 Å². The van der Waals surface area contributed by atoms with Crippen molar-refractivity contribution in [2.45, 2.75) is 19.0 Å². The molecule has 0 aliphatic heterocycles. The summed E-state index contributed by atoms with van der Waals surface area (Å²) in [5.74, 6) is 0.591. The number of aromatic amines is 1. The Labute approximate surface area is 130 Å². The highest BCUT2D eigenvalue weighted by molar-refractivity contribution is 7.99. The highest BCUT2D eigenvalue weighted by Gasteiger charge is 2.12. The van der Waals surface area contributed by atoms with Crippen molar-refractivity contribution >= 4 is 23.3 Å². The summed E-state index contributed by atoms with van der Waals surface area (Å²) in [5, 5.41) is 7.21. The second kappa shape index (κ2) is 5.76. The van der Waals surface area contributed by atoms with Crippen LogP contribution >= 0.6 is 11.8 Å². The van der Waals surface area contributed by atoms with Gasteiger partial charge in [-0.1, -0.05) is 41.6 Å². The molecule has 2 heterocycles. The third-order valence-corrected chi connectivity index (χ3v) is 4.13. The molecule has 0 fully saturated rings. The zero-order valence-corrected chi connectivity index (χ0v) is 13.0. The minimum absolute atomic E-state index is 0.00531. The van der Waals surface area contributed by atoms with Crippen LogP contribution in [0.1, 0.15) is 21.6 Å². The number of hydrogen-bond acceptors (Lipinski definition) is 5. The number of carbonyl (C=O) groups excluding carboxylic acids is 1. The van der Waals surface area contributed by atoms with Crippen LogP contribution < -0.4 is 5.56 Å². The molecule has 22 heavy (non-hydrogen) atoms. The number of rotatable bonds is 4. The smallest absolute Gasteiger partial charge is 0.261 e. The van der Waals surface area contributed by atoms with Crippen LogP contribution in [0.4, 0.5) is 0 Å². The number of benzene rings is 1. The van der Waals surface area contributed by atoms with E-state index in [1.165, 1.54) is 22.2 Å². The van der Waals surface area contributed by atoms with Gasteiger partial charge in [-0.25, -0.2) is 14.5 Å². The van der Waals surface area contributed by atoms with E-state index in [4.69, 9.17) is 0 Å². The van der Waals surface area contributed by atoms with E-state index in [0.29, 0.717) is 22.2 Å². The molecule has 112 valence electrons. The molecule has 0 atom stereocenters. The molecule has 0 bridgehead atoms. The normalized spacial score (nSPS) is 11.0. The number of aromatic nitrogens is 4. The van der Waals surface area contributed by atoms with Crippen molar-refractivity contribution in [3.8, 4) is 0 Å². The Hall–Kier alpha value is -2.41. The van der Waals surface area contributed by atoms with Gasteiger partial charge in [-0.15, -0.1) is 5.10 Å². The van der Waals surface area contributed by atoms with E-state index >= 15 is 0 Å². The van der Waals surface area contributed by atoms with Gasteiger partial charge in [0.1, 0.15) is 0 Å². The summed E-state index contributed by atoms with van der Waals surface area (Å²) in [7, 11) is 0. The molecule has 0 unspecified atom stereocenters. The summed E-state index contributed by atoms with van der Waals surface area (Å²) in [4.78, 5) is 28.4. The third-order valence-electron chi connectivity index (χ3n) is 3.20. The summed E-state index contributed by atoms with van der Waals surface area (Å²) in [5.41, 5.74) is 2.18. The van der Waals surface area contributed by atoms with Crippen molar-refractivity contribution < 1.29 is 4.79 Å². The first-order valence-corrected chi connectivity index (χ1v) is 7.70. The largest absolute Gasteiger partial charge is 0.293 e. The number of carbonyl (C=O) groups is 1. The average Bonchev–Trinajstić information content (AvgIpc) is 2.88. The number of hydrogen-bond donors (Lipinski definition) is 1. The monoisotopic (exact) mass is 314 g/mol.